The number of carboxylic acid groups (broad SMARTS) is 1. The van der Waals surface area contributed by atoms with Crippen LogP contribution in [-0.2, 0) is 17.8 Å². The van der Waals surface area contributed by atoms with Gasteiger partial charge in [0.25, 0.3) is 5.91 Å². The van der Waals surface area contributed by atoms with E-state index < -0.39 is 12.0 Å². The minimum atomic E-state index is -1.02. The normalized spacial score (nSPS) is 16.8. The Labute approximate surface area is 143 Å². The van der Waals surface area contributed by atoms with Crippen molar-refractivity contribution in [1.29, 1.82) is 0 Å². The van der Waals surface area contributed by atoms with E-state index in [9.17, 15) is 14.7 Å². The van der Waals surface area contributed by atoms with Crippen molar-refractivity contribution in [3.05, 3.63) is 69.2 Å². The van der Waals surface area contributed by atoms with E-state index in [4.69, 9.17) is 23.2 Å². The predicted molar refractivity (Wildman–Crippen MR) is 87.9 cm³/mol. The molecule has 1 heterocycles. The van der Waals surface area contributed by atoms with Gasteiger partial charge in [-0.1, -0.05) is 47.5 Å². The zero-order chi connectivity index (χ0) is 16.6. The molecule has 1 amide bonds. The first kappa shape index (κ1) is 15.8. The molecule has 6 heteroatoms. The lowest BCUT2D eigenvalue weighted by molar-refractivity contribution is -0.142. The molecule has 1 atom stereocenters. The zero-order valence-electron chi connectivity index (χ0n) is 12.0. The number of amides is 1. The minimum Gasteiger partial charge on any atom is -0.480 e. The third-order valence-corrected chi connectivity index (χ3v) is 4.70. The molecule has 0 saturated heterocycles. The van der Waals surface area contributed by atoms with Crippen LogP contribution in [0, 0.1) is 0 Å². The molecule has 0 bridgehead atoms. The summed E-state index contributed by atoms with van der Waals surface area (Å²) in [6, 6.07) is 11.2. The van der Waals surface area contributed by atoms with E-state index in [-0.39, 0.29) is 17.5 Å². The number of carbonyl (C=O) groups is 2. The third-order valence-electron chi connectivity index (χ3n) is 3.96. The second-order valence-electron chi connectivity index (χ2n) is 5.39. The molecule has 0 radical (unpaired) electrons. The van der Waals surface area contributed by atoms with Gasteiger partial charge >= 0.3 is 5.97 Å². The predicted octanol–water partition coefficient (Wildman–Crippen LogP) is 3.65. The van der Waals surface area contributed by atoms with Crippen LogP contribution in [0.3, 0.4) is 0 Å². The summed E-state index contributed by atoms with van der Waals surface area (Å²) in [4.78, 5) is 25.7. The smallest absolute Gasteiger partial charge is 0.326 e. The van der Waals surface area contributed by atoms with Crippen molar-refractivity contribution < 1.29 is 14.7 Å². The van der Waals surface area contributed by atoms with Crippen molar-refractivity contribution in [2.75, 3.05) is 0 Å². The van der Waals surface area contributed by atoms with E-state index >= 15 is 0 Å². The van der Waals surface area contributed by atoms with Gasteiger partial charge in [-0.25, -0.2) is 4.79 Å². The second kappa shape index (κ2) is 6.22. The average molecular weight is 350 g/mol. The standard InChI is InChI=1S/C17H13Cl2NO3/c18-13-6-5-11(7-14(13)19)16(21)20-9-12-4-2-1-3-10(12)8-15(20)17(22)23/h1-7,15H,8-9H2,(H,22,23). The molecule has 1 aliphatic heterocycles. The molecule has 0 saturated carbocycles. The van der Waals surface area contributed by atoms with Crippen molar-refractivity contribution in [3.63, 3.8) is 0 Å². The highest BCUT2D eigenvalue weighted by Gasteiger charge is 2.34. The molecular formula is C17H13Cl2NO3. The quantitative estimate of drug-likeness (QED) is 0.900. The Morgan fingerprint density at radius 2 is 1.74 bits per heavy atom. The van der Waals surface area contributed by atoms with Crippen LogP contribution in [-0.4, -0.2) is 27.9 Å². The fourth-order valence-corrected chi connectivity index (χ4v) is 3.05. The first-order valence-electron chi connectivity index (χ1n) is 7.03. The van der Waals surface area contributed by atoms with Gasteiger partial charge in [0.05, 0.1) is 10.0 Å². The van der Waals surface area contributed by atoms with Crippen LogP contribution in [0.15, 0.2) is 42.5 Å². The van der Waals surface area contributed by atoms with E-state index in [1.807, 2.05) is 24.3 Å². The van der Waals surface area contributed by atoms with Gasteiger partial charge < -0.3 is 10.0 Å². The number of rotatable bonds is 2. The number of benzene rings is 2. The highest BCUT2D eigenvalue weighted by atomic mass is 35.5. The molecule has 0 aliphatic carbocycles. The maximum atomic E-state index is 12.7. The van der Waals surface area contributed by atoms with Gasteiger partial charge in [-0.05, 0) is 29.3 Å². The monoisotopic (exact) mass is 349 g/mol. The summed E-state index contributed by atoms with van der Waals surface area (Å²) < 4.78 is 0. The molecule has 0 fully saturated rings. The van der Waals surface area contributed by atoms with Gasteiger partial charge in [-0.3, -0.25) is 4.79 Å². The van der Waals surface area contributed by atoms with Gasteiger partial charge in [-0.2, -0.15) is 0 Å². The molecule has 23 heavy (non-hydrogen) atoms. The van der Waals surface area contributed by atoms with E-state index in [0.717, 1.165) is 11.1 Å². The molecule has 1 aliphatic rings. The van der Waals surface area contributed by atoms with Crippen LogP contribution in [0.25, 0.3) is 0 Å². The Kier molecular flexibility index (Phi) is 4.28. The van der Waals surface area contributed by atoms with Crippen molar-refractivity contribution in [2.45, 2.75) is 19.0 Å². The minimum absolute atomic E-state index is 0.256. The summed E-state index contributed by atoms with van der Waals surface area (Å²) in [6.45, 7) is 0.256. The molecule has 0 spiro atoms. The van der Waals surface area contributed by atoms with Gasteiger partial charge in [0.15, 0.2) is 0 Å². The van der Waals surface area contributed by atoms with Crippen LogP contribution in [0.4, 0.5) is 0 Å². The summed E-state index contributed by atoms with van der Waals surface area (Å²) in [5, 5.41) is 10.1. The summed E-state index contributed by atoms with van der Waals surface area (Å²) in [5.41, 5.74) is 2.24. The molecule has 1 unspecified atom stereocenters. The molecule has 118 valence electrons. The van der Waals surface area contributed by atoms with Gasteiger partial charge in [0, 0.05) is 18.5 Å². The molecule has 0 aromatic heterocycles. The van der Waals surface area contributed by atoms with Crippen LogP contribution in [0.5, 0.6) is 0 Å². The van der Waals surface area contributed by atoms with Crippen molar-refractivity contribution in [2.24, 2.45) is 0 Å². The molecule has 4 nitrogen and oxygen atoms in total. The summed E-state index contributed by atoms with van der Waals surface area (Å²) in [7, 11) is 0. The maximum absolute atomic E-state index is 12.7. The van der Waals surface area contributed by atoms with Crippen molar-refractivity contribution in [3.8, 4) is 0 Å². The number of halogens is 2. The van der Waals surface area contributed by atoms with E-state index in [1.54, 1.807) is 6.07 Å². The Morgan fingerprint density at radius 1 is 1.04 bits per heavy atom. The van der Waals surface area contributed by atoms with Crippen LogP contribution < -0.4 is 0 Å². The first-order valence-corrected chi connectivity index (χ1v) is 7.78. The van der Waals surface area contributed by atoms with Crippen LogP contribution in [0.1, 0.15) is 21.5 Å². The van der Waals surface area contributed by atoms with E-state index in [1.165, 1.54) is 17.0 Å². The highest BCUT2D eigenvalue weighted by molar-refractivity contribution is 6.42. The molecule has 2 aromatic rings. The van der Waals surface area contributed by atoms with E-state index in [2.05, 4.69) is 0 Å². The van der Waals surface area contributed by atoms with Crippen LogP contribution >= 0.6 is 23.2 Å². The molecule has 1 N–H and O–H groups in total. The largest absolute Gasteiger partial charge is 0.480 e. The lowest BCUT2D eigenvalue weighted by Gasteiger charge is -2.34. The summed E-state index contributed by atoms with van der Waals surface area (Å²) in [6.07, 6.45) is 0.290. The highest BCUT2D eigenvalue weighted by Crippen LogP contribution is 2.27. The third kappa shape index (κ3) is 3.05. The molecular weight excluding hydrogens is 337 g/mol. The lowest BCUT2D eigenvalue weighted by atomic mass is 9.93. The van der Waals surface area contributed by atoms with E-state index in [0.29, 0.717) is 17.0 Å². The van der Waals surface area contributed by atoms with Crippen LogP contribution in [0.2, 0.25) is 10.0 Å². The summed E-state index contributed by atoms with van der Waals surface area (Å²) >= 11 is 11.8. The SMILES string of the molecule is O=C(O)C1Cc2ccccc2CN1C(=O)c1ccc(Cl)c(Cl)c1. The van der Waals surface area contributed by atoms with Gasteiger partial charge in [0.2, 0.25) is 0 Å². The lowest BCUT2D eigenvalue weighted by Crippen LogP contribution is -2.48. The fourth-order valence-electron chi connectivity index (χ4n) is 2.75. The summed E-state index contributed by atoms with van der Waals surface area (Å²) in [5.74, 6) is -1.39. The second-order valence-corrected chi connectivity index (χ2v) is 6.20. The number of aliphatic carboxylic acids is 1. The molecule has 2 aromatic carbocycles. The number of hydrogen-bond acceptors (Lipinski definition) is 2. The first-order chi connectivity index (χ1) is 11.0. The number of carboxylic acids is 1. The van der Waals surface area contributed by atoms with Gasteiger partial charge in [-0.15, -0.1) is 0 Å². The number of hydrogen-bond donors (Lipinski definition) is 1. The van der Waals surface area contributed by atoms with Crippen molar-refractivity contribution in [1.82, 2.24) is 4.90 Å². The number of nitrogens with zero attached hydrogens (tertiary/aromatic N) is 1. The zero-order valence-corrected chi connectivity index (χ0v) is 13.5. The Balaban J connectivity index is 1.97. The Hall–Kier alpha value is -2.04. The molecule has 3 rings (SSSR count). The Morgan fingerprint density at radius 3 is 2.39 bits per heavy atom. The number of carbonyl (C=O) groups excluding carboxylic acids is 1. The maximum Gasteiger partial charge on any atom is 0.326 e. The van der Waals surface area contributed by atoms with Crippen molar-refractivity contribution >= 4 is 35.1 Å². The van der Waals surface area contributed by atoms with Gasteiger partial charge in [0.1, 0.15) is 6.04 Å². The fraction of sp³-hybridized carbons (Fsp3) is 0.176. The number of fused-ring (bicyclic) bond motifs is 1. The topological polar surface area (TPSA) is 57.6 Å². The average Bonchev–Trinajstić information content (AvgIpc) is 2.55. The Bertz CT molecular complexity index is 791.